The minimum absolute atomic E-state index is 0.319. The first-order valence-corrected chi connectivity index (χ1v) is 4.73. The van der Waals surface area contributed by atoms with Gasteiger partial charge in [0.2, 0.25) is 0 Å². The first kappa shape index (κ1) is 12.4. The van der Waals surface area contributed by atoms with Gasteiger partial charge in [-0.2, -0.15) is 0 Å². The molecule has 0 aromatic carbocycles. The van der Waals surface area contributed by atoms with Crippen molar-refractivity contribution in [3.8, 4) is 0 Å². The van der Waals surface area contributed by atoms with Crippen LogP contribution in [0.15, 0.2) is 0 Å². The van der Waals surface area contributed by atoms with Crippen LogP contribution in [0.1, 0.15) is 40.0 Å². The fourth-order valence-corrected chi connectivity index (χ4v) is 1.31. The molecule has 1 atom stereocenters. The van der Waals surface area contributed by atoms with Crippen LogP contribution >= 0.6 is 0 Å². The fraction of sp³-hybridized carbons (Fsp3) is 0.900. The second kappa shape index (κ2) is 5.22. The molecule has 1 N–H and O–H groups in total. The topological polar surface area (TPSA) is 46.5 Å². The second-order valence-electron chi connectivity index (χ2n) is 3.87. The van der Waals surface area contributed by atoms with Crippen LogP contribution in [0, 0.1) is 5.92 Å². The highest BCUT2D eigenvalue weighted by atomic mass is 16.5. The van der Waals surface area contributed by atoms with Crippen LogP contribution in [0.2, 0.25) is 0 Å². The van der Waals surface area contributed by atoms with Crippen molar-refractivity contribution in [2.45, 2.75) is 45.6 Å². The summed E-state index contributed by atoms with van der Waals surface area (Å²) in [6.07, 6.45) is 2.64. The van der Waals surface area contributed by atoms with Gasteiger partial charge in [-0.3, -0.25) is 4.79 Å². The van der Waals surface area contributed by atoms with E-state index in [1.54, 1.807) is 13.8 Å². The molecular formula is C10H20O3. The summed E-state index contributed by atoms with van der Waals surface area (Å²) in [5.74, 6) is -0.724. The number of rotatable bonds is 5. The molecule has 0 bridgehead atoms. The van der Waals surface area contributed by atoms with Crippen molar-refractivity contribution in [3.05, 3.63) is 0 Å². The smallest absolute Gasteiger partial charge is 0.311 e. The van der Waals surface area contributed by atoms with E-state index in [1.807, 2.05) is 0 Å². The van der Waals surface area contributed by atoms with Gasteiger partial charge in [-0.1, -0.05) is 19.8 Å². The highest BCUT2D eigenvalue weighted by Crippen LogP contribution is 2.23. The summed E-state index contributed by atoms with van der Waals surface area (Å²) in [7, 11) is 1.35. The number of methoxy groups -OCH3 is 1. The quantitative estimate of drug-likeness (QED) is 0.668. The average molecular weight is 188 g/mol. The molecule has 3 heteroatoms. The lowest BCUT2D eigenvalue weighted by Gasteiger charge is -2.26. The largest absolute Gasteiger partial charge is 0.469 e. The van der Waals surface area contributed by atoms with E-state index in [2.05, 4.69) is 11.7 Å². The Morgan fingerprint density at radius 3 is 2.38 bits per heavy atom. The molecule has 78 valence electrons. The predicted octanol–water partition coefficient (Wildman–Crippen LogP) is 1.74. The first-order valence-electron chi connectivity index (χ1n) is 4.73. The molecule has 0 aromatic heterocycles. The van der Waals surface area contributed by atoms with Gasteiger partial charge in [0.05, 0.1) is 18.6 Å². The Hall–Kier alpha value is -0.570. The third-order valence-electron chi connectivity index (χ3n) is 2.18. The number of hydrogen-bond donors (Lipinski definition) is 1. The number of carbonyl (C=O) groups is 1. The lowest BCUT2D eigenvalue weighted by molar-refractivity contribution is -0.154. The van der Waals surface area contributed by atoms with Gasteiger partial charge in [-0.15, -0.1) is 0 Å². The molecule has 0 aliphatic rings. The lowest BCUT2D eigenvalue weighted by atomic mass is 9.87. The molecule has 0 saturated heterocycles. The van der Waals surface area contributed by atoms with Gasteiger partial charge >= 0.3 is 5.97 Å². The van der Waals surface area contributed by atoms with Crippen LogP contribution in [0.3, 0.4) is 0 Å². The summed E-state index contributed by atoms with van der Waals surface area (Å²) in [5, 5.41) is 9.70. The van der Waals surface area contributed by atoms with Crippen molar-refractivity contribution in [1.82, 2.24) is 0 Å². The number of esters is 1. The number of carbonyl (C=O) groups excluding carboxylic acids is 1. The van der Waals surface area contributed by atoms with Crippen LogP contribution in [0.5, 0.6) is 0 Å². The van der Waals surface area contributed by atoms with Gasteiger partial charge in [0.1, 0.15) is 0 Å². The summed E-state index contributed by atoms with van der Waals surface area (Å²) in [6.45, 7) is 5.34. The van der Waals surface area contributed by atoms with E-state index >= 15 is 0 Å². The molecule has 0 aromatic rings. The summed E-state index contributed by atoms with van der Waals surface area (Å²) in [6, 6.07) is 0. The summed E-state index contributed by atoms with van der Waals surface area (Å²) >= 11 is 0. The van der Waals surface area contributed by atoms with Crippen LogP contribution in [0.25, 0.3) is 0 Å². The number of hydrogen-bond acceptors (Lipinski definition) is 3. The number of aliphatic hydroxyl groups is 1. The fourth-order valence-electron chi connectivity index (χ4n) is 1.31. The predicted molar refractivity (Wildman–Crippen MR) is 51.3 cm³/mol. The van der Waals surface area contributed by atoms with Gasteiger partial charge in [0.25, 0.3) is 0 Å². The second-order valence-corrected chi connectivity index (χ2v) is 3.87. The monoisotopic (exact) mass is 188 g/mol. The zero-order chi connectivity index (χ0) is 10.5. The van der Waals surface area contributed by atoms with E-state index in [9.17, 15) is 9.90 Å². The third-order valence-corrected chi connectivity index (χ3v) is 2.18. The Morgan fingerprint density at radius 2 is 2.08 bits per heavy atom. The molecule has 0 aliphatic carbocycles. The molecule has 0 radical (unpaired) electrons. The van der Waals surface area contributed by atoms with E-state index in [1.165, 1.54) is 7.11 Å². The Labute approximate surface area is 80.1 Å². The molecule has 0 aliphatic heterocycles. The number of ether oxygens (including phenoxy) is 1. The van der Waals surface area contributed by atoms with E-state index < -0.39 is 11.5 Å². The molecule has 3 nitrogen and oxygen atoms in total. The average Bonchev–Trinajstić information content (AvgIpc) is 2.02. The molecule has 0 rings (SSSR count). The van der Waals surface area contributed by atoms with Gasteiger partial charge in [-0.25, -0.2) is 0 Å². The third kappa shape index (κ3) is 4.27. The minimum Gasteiger partial charge on any atom is -0.469 e. The Kier molecular flexibility index (Phi) is 4.99. The normalized spacial score (nSPS) is 13.9. The lowest BCUT2D eigenvalue weighted by Crippen LogP contribution is -2.37. The molecule has 0 amide bonds. The molecule has 0 saturated carbocycles. The number of unbranched alkanes of at least 4 members (excludes halogenated alkanes) is 1. The highest BCUT2D eigenvalue weighted by molar-refractivity contribution is 5.73. The zero-order valence-electron chi connectivity index (χ0n) is 8.96. The maximum atomic E-state index is 11.3. The maximum Gasteiger partial charge on any atom is 0.311 e. The molecule has 0 heterocycles. The van der Waals surface area contributed by atoms with Gasteiger partial charge in [0, 0.05) is 0 Å². The standard InChI is InChI=1S/C10H20O3/c1-5-6-7-8(9(11)13-4)10(2,3)12/h8,12H,5-7H2,1-4H3. The van der Waals surface area contributed by atoms with Crippen molar-refractivity contribution in [2.75, 3.05) is 7.11 Å². The summed E-state index contributed by atoms with van der Waals surface area (Å²) < 4.78 is 4.64. The van der Waals surface area contributed by atoms with E-state index in [4.69, 9.17) is 0 Å². The van der Waals surface area contributed by atoms with Crippen LogP contribution in [-0.2, 0) is 9.53 Å². The van der Waals surface area contributed by atoms with Crippen LogP contribution in [-0.4, -0.2) is 23.8 Å². The Bertz CT molecular complexity index is 158. The van der Waals surface area contributed by atoms with E-state index in [0.29, 0.717) is 6.42 Å². The summed E-state index contributed by atoms with van der Waals surface area (Å²) in [5.41, 5.74) is -0.984. The molecular weight excluding hydrogens is 168 g/mol. The Balaban J connectivity index is 4.28. The first-order chi connectivity index (χ1) is 5.93. The van der Waals surface area contributed by atoms with Gasteiger partial charge in [-0.05, 0) is 20.3 Å². The maximum absolute atomic E-state index is 11.3. The molecule has 13 heavy (non-hydrogen) atoms. The van der Waals surface area contributed by atoms with E-state index in [-0.39, 0.29) is 5.97 Å². The molecule has 0 spiro atoms. The Morgan fingerprint density at radius 1 is 1.54 bits per heavy atom. The molecule has 0 fully saturated rings. The highest BCUT2D eigenvalue weighted by Gasteiger charge is 2.33. The van der Waals surface area contributed by atoms with Crippen molar-refractivity contribution in [3.63, 3.8) is 0 Å². The van der Waals surface area contributed by atoms with Crippen molar-refractivity contribution < 1.29 is 14.6 Å². The van der Waals surface area contributed by atoms with Crippen LogP contribution in [0.4, 0.5) is 0 Å². The minimum atomic E-state index is -0.984. The van der Waals surface area contributed by atoms with Crippen molar-refractivity contribution >= 4 is 5.97 Å². The van der Waals surface area contributed by atoms with Crippen molar-refractivity contribution in [2.24, 2.45) is 5.92 Å². The van der Waals surface area contributed by atoms with Gasteiger partial charge < -0.3 is 9.84 Å². The zero-order valence-corrected chi connectivity index (χ0v) is 8.96. The molecule has 1 unspecified atom stereocenters. The van der Waals surface area contributed by atoms with Crippen molar-refractivity contribution in [1.29, 1.82) is 0 Å². The SMILES string of the molecule is CCCCC(C(=O)OC)C(C)(C)O. The van der Waals surface area contributed by atoms with Crippen LogP contribution < -0.4 is 0 Å². The summed E-state index contributed by atoms with van der Waals surface area (Å²) in [4.78, 5) is 11.3. The van der Waals surface area contributed by atoms with Gasteiger partial charge in [0.15, 0.2) is 0 Å². The van der Waals surface area contributed by atoms with E-state index in [0.717, 1.165) is 12.8 Å².